The number of rotatable bonds is 8. The van der Waals surface area contributed by atoms with Crippen LogP contribution in [0.15, 0.2) is 24.5 Å². The molecule has 2 aromatic heterocycles. The van der Waals surface area contributed by atoms with E-state index in [1.54, 1.807) is 0 Å². The molecule has 0 saturated heterocycles. The molecule has 0 radical (unpaired) electrons. The van der Waals surface area contributed by atoms with Gasteiger partial charge >= 0.3 is 0 Å². The van der Waals surface area contributed by atoms with Crippen molar-refractivity contribution in [3.05, 3.63) is 40.7 Å². The van der Waals surface area contributed by atoms with Crippen LogP contribution in [0.1, 0.15) is 49.0 Å². The average Bonchev–Trinajstić information content (AvgIpc) is 3.17. The number of aromatic nitrogens is 2. The van der Waals surface area contributed by atoms with Gasteiger partial charge in [-0.1, -0.05) is 11.6 Å². The van der Waals surface area contributed by atoms with Gasteiger partial charge in [-0.2, -0.15) is 5.26 Å². The summed E-state index contributed by atoms with van der Waals surface area (Å²) in [5.41, 5.74) is -0.913. The number of hydrogen-bond acceptors (Lipinski definition) is 7. The zero-order chi connectivity index (χ0) is 24.2. The van der Waals surface area contributed by atoms with Gasteiger partial charge in [-0.15, -0.1) is 0 Å². The SMILES string of the molecule is CC(C)(O)C(F)CNC(=O)c1cnc(Nc2ncc(C#N)cc2Cl)cc1NC1CCCC1F. The Kier molecular flexibility index (Phi) is 7.66. The number of carbonyl (C=O) groups excluding carboxylic acids is 1. The van der Waals surface area contributed by atoms with Crippen LogP contribution >= 0.6 is 11.6 Å². The lowest BCUT2D eigenvalue weighted by Gasteiger charge is -2.23. The van der Waals surface area contributed by atoms with E-state index in [1.807, 2.05) is 6.07 Å². The number of nitriles is 1. The Morgan fingerprint density at radius 2 is 2.12 bits per heavy atom. The van der Waals surface area contributed by atoms with Crippen LogP contribution in [0.4, 0.5) is 26.1 Å². The molecule has 0 bridgehead atoms. The first-order valence-corrected chi connectivity index (χ1v) is 10.8. The molecule has 1 aliphatic carbocycles. The van der Waals surface area contributed by atoms with Crippen molar-refractivity contribution in [1.29, 1.82) is 5.26 Å². The molecule has 8 nitrogen and oxygen atoms in total. The van der Waals surface area contributed by atoms with Crippen LogP contribution < -0.4 is 16.0 Å². The normalized spacial score (nSPS) is 18.9. The highest BCUT2D eigenvalue weighted by atomic mass is 35.5. The molecule has 1 fully saturated rings. The van der Waals surface area contributed by atoms with Gasteiger partial charge in [-0.3, -0.25) is 4.79 Å². The summed E-state index contributed by atoms with van der Waals surface area (Å²) in [6.45, 7) is 2.22. The largest absolute Gasteiger partial charge is 0.387 e. The van der Waals surface area contributed by atoms with E-state index in [-0.39, 0.29) is 22.2 Å². The summed E-state index contributed by atoms with van der Waals surface area (Å²) in [5, 5.41) is 27.3. The topological polar surface area (TPSA) is 123 Å². The minimum Gasteiger partial charge on any atom is -0.387 e. The van der Waals surface area contributed by atoms with Crippen molar-refractivity contribution in [2.45, 2.75) is 57.1 Å². The first kappa shape index (κ1) is 24.6. The number of anilines is 3. The van der Waals surface area contributed by atoms with Crippen molar-refractivity contribution >= 4 is 34.8 Å². The lowest BCUT2D eigenvalue weighted by molar-refractivity contribution is -0.00177. The Hall–Kier alpha value is -3.03. The Morgan fingerprint density at radius 3 is 2.73 bits per heavy atom. The standard InChI is InChI=1S/C22H25ClF2N6O2/c1-22(2,33)18(25)11-29-21(32)13-10-27-19(7-17(13)30-16-5-3-4-15(16)24)31-20-14(23)6-12(8-26)9-28-20/h6-7,9-10,15-16,18,33H,3-5,11H2,1-2H3,(H,29,32)(H2,27,28,30,31). The van der Waals surface area contributed by atoms with Crippen molar-refractivity contribution in [2.24, 2.45) is 0 Å². The quantitative estimate of drug-likeness (QED) is 0.454. The zero-order valence-corrected chi connectivity index (χ0v) is 19.0. The maximum Gasteiger partial charge on any atom is 0.255 e. The third kappa shape index (κ3) is 6.27. The predicted octanol–water partition coefficient (Wildman–Crippen LogP) is 3.89. The van der Waals surface area contributed by atoms with Crippen LogP contribution in [0.5, 0.6) is 0 Å². The van der Waals surface area contributed by atoms with Crippen LogP contribution in [0.3, 0.4) is 0 Å². The third-order valence-corrected chi connectivity index (χ3v) is 5.63. The maximum atomic E-state index is 14.2. The smallest absolute Gasteiger partial charge is 0.255 e. The molecule has 3 atom stereocenters. The molecule has 2 aromatic rings. The first-order chi connectivity index (χ1) is 15.6. The molecule has 3 unspecified atom stereocenters. The van der Waals surface area contributed by atoms with Crippen LogP contribution in [0.2, 0.25) is 5.02 Å². The molecule has 1 amide bonds. The maximum absolute atomic E-state index is 14.2. The molecule has 2 heterocycles. The second kappa shape index (κ2) is 10.3. The highest BCUT2D eigenvalue weighted by Gasteiger charge is 2.29. The van der Waals surface area contributed by atoms with Crippen LogP contribution in [0, 0.1) is 11.3 Å². The van der Waals surface area contributed by atoms with Crippen molar-refractivity contribution < 1.29 is 18.7 Å². The number of pyridine rings is 2. The van der Waals surface area contributed by atoms with Crippen LogP contribution in [0.25, 0.3) is 0 Å². The van der Waals surface area contributed by atoms with E-state index in [2.05, 4.69) is 25.9 Å². The Bertz CT molecular complexity index is 1060. The minimum atomic E-state index is -1.68. The zero-order valence-electron chi connectivity index (χ0n) is 18.2. The van der Waals surface area contributed by atoms with Gasteiger partial charge < -0.3 is 21.1 Å². The molecule has 176 valence electrons. The van der Waals surface area contributed by atoms with Gasteiger partial charge in [0.05, 0.1) is 40.0 Å². The summed E-state index contributed by atoms with van der Waals surface area (Å²) in [6, 6.07) is 4.42. The molecular weight excluding hydrogens is 454 g/mol. The van der Waals surface area contributed by atoms with Gasteiger partial charge in [0.25, 0.3) is 5.91 Å². The Balaban J connectivity index is 1.84. The monoisotopic (exact) mass is 478 g/mol. The molecule has 11 heteroatoms. The molecule has 3 rings (SSSR count). The van der Waals surface area contributed by atoms with Crippen molar-refractivity contribution in [1.82, 2.24) is 15.3 Å². The third-order valence-electron chi connectivity index (χ3n) is 5.35. The van der Waals surface area contributed by atoms with Crippen molar-refractivity contribution in [2.75, 3.05) is 17.2 Å². The van der Waals surface area contributed by atoms with Gasteiger partial charge in [0.15, 0.2) is 0 Å². The number of amides is 1. The molecule has 33 heavy (non-hydrogen) atoms. The number of halogens is 3. The summed E-state index contributed by atoms with van der Waals surface area (Å²) >= 11 is 6.15. The molecule has 0 spiro atoms. The molecular formula is C22H25ClF2N6O2. The summed E-state index contributed by atoms with van der Waals surface area (Å²) in [6.07, 6.45) is 1.62. The molecule has 4 N–H and O–H groups in total. The number of nitrogens with zero attached hydrogens (tertiary/aromatic N) is 3. The number of aliphatic hydroxyl groups is 1. The van der Waals surface area contributed by atoms with E-state index in [1.165, 1.54) is 38.4 Å². The fourth-order valence-electron chi connectivity index (χ4n) is 3.34. The van der Waals surface area contributed by atoms with Gasteiger partial charge in [0.2, 0.25) is 0 Å². The highest BCUT2D eigenvalue weighted by Crippen LogP contribution is 2.30. The second-order valence-electron chi connectivity index (χ2n) is 8.44. The lowest BCUT2D eigenvalue weighted by Crippen LogP contribution is -2.42. The van der Waals surface area contributed by atoms with Gasteiger partial charge in [-0.05, 0) is 39.2 Å². The minimum absolute atomic E-state index is 0.0986. The van der Waals surface area contributed by atoms with E-state index >= 15 is 0 Å². The summed E-state index contributed by atoms with van der Waals surface area (Å²) in [5.74, 6) is -0.0891. The van der Waals surface area contributed by atoms with Crippen molar-refractivity contribution in [3.8, 4) is 6.07 Å². The molecule has 1 saturated carbocycles. The fourth-order valence-corrected chi connectivity index (χ4v) is 3.55. The number of carbonyl (C=O) groups is 1. The van der Waals surface area contributed by atoms with E-state index in [0.717, 1.165) is 6.42 Å². The van der Waals surface area contributed by atoms with Crippen molar-refractivity contribution in [3.63, 3.8) is 0 Å². The Morgan fingerprint density at radius 1 is 1.36 bits per heavy atom. The van der Waals surface area contributed by atoms with Crippen LogP contribution in [-0.4, -0.2) is 51.5 Å². The molecule has 0 aromatic carbocycles. The first-order valence-electron chi connectivity index (χ1n) is 10.5. The van der Waals surface area contributed by atoms with Gasteiger partial charge in [0, 0.05) is 18.5 Å². The lowest BCUT2D eigenvalue weighted by atomic mass is 10.0. The van der Waals surface area contributed by atoms with E-state index in [4.69, 9.17) is 16.9 Å². The number of nitrogens with one attached hydrogen (secondary N) is 3. The van der Waals surface area contributed by atoms with Gasteiger partial charge in [0.1, 0.15) is 30.0 Å². The molecule has 1 aliphatic rings. The predicted molar refractivity (Wildman–Crippen MR) is 121 cm³/mol. The highest BCUT2D eigenvalue weighted by molar-refractivity contribution is 6.33. The number of hydrogen-bond donors (Lipinski definition) is 4. The van der Waals surface area contributed by atoms with E-state index in [9.17, 15) is 18.7 Å². The summed E-state index contributed by atoms with van der Waals surface area (Å²) in [7, 11) is 0. The average molecular weight is 479 g/mol. The fraction of sp³-hybridized carbons (Fsp3) is 0.455. The van der Waals surface area contributed by atoms with E-state index in [0.29, 0.717) is 24.1 Å². The summed E-state index contributed by atoms with van der Waals surface area (Å²) < 4.78 is 28.3. The van der Waals surface area contributed by atoms with Crippen LogP contribution in [-0.2, 0) is 0 Å². The Labute approximate surface area is 195 Å². The van der Waals surface area contributed by atoms with E-state index < -0.39 is 36.4 Å². The molecule has 0 aliphatic heterocycles. The summed E-state index contributed by atoms with van der Waals surface area (Å²) in [4.78, 5) is 21.0. The second-order valence-corrected chi connectivity index (χ2v) is 8.84. The number of alkyl halides is 2. The van der Waals surface area contributed by atoms with Gasteiger partial charge in [-0.25, -0.2) is 18.7 Å².